The van der Waals surface area contributed by atoms with Crippen LogP contribution in [0.1, 0.15) is 12.0 Å². The highest BCUT2D eigenvalue weighted by molar-refractivity contribution is 5.86. The van der Waals surface area contributed by atoms with Gasteiger partial charge in [-0.15, -0.1) is 0 Å². The fourth-order valence-corrected chi connectivity index (χ4v) is 2.56. The van der Waals surface area contributed by atoms with Crippen molar-refractivity contribution in [2.75, 3.05) is 13.6 Å². The molecule has 110 valence electrons. The number of H-pyrrole nitrogens is 1. The van der Waals surface area contributed by atoms with Gasteiger partial charge in [0.25, 0.3) is 0 Å². The summed E-state index contributed by atoms with van der Waals surface area (Å²) >= 11 is 0. The number of aromatic nitrogens is 2. The van der Waals surface area contributed by atoms with Crippen LogP contribution in [0.15, 0.2) is 35.5 Å². The Morgan fingerprint density at radius 1 is 1.33 bits per heavy atom. The van der Waals surface area contributed by atoms with Crippen molar-refractivity contribution in [2.45, 2.75) is 12.1 Å². The third-order valence-electron chi connectivity index (χ3n) is 3.65. The Labute approximate surface area is 122 Å². The molecule has 0 fully saturated rings. The molecule has 1 aromatic heterocycles. The Kier molecular flexibility index (Phi) is 3.36. The molecular formula is C14H19N7. The molecule has 1 aliphatic rings. The zero-order valence-electron chi connectivity index (χ0n) is 11.9. The van der Waals surface area contributed by atoms with E-state index in [1.54, 1.807) is 6.20 Å². The molecule has 7 N–H and O–H groups in total. The second-order valence-corrected chi connectivity index (χ2v) is 5.15. The topological polar surface area (TPSA) is 117 Å². The number of guanidine groups is 1. The molecule has 1 atom stereocenters. The maximum atomic E-state index is 6.48. The van der Waals surface area contributed by atoms with Gasteiger partial charge in [0.15, 0.2) is 5.96 Å². The van der Waals surface area contributed by atoms with Crippen LogP contribution in [-0.4, -0.2) is 29.7 Å². The highest BCUT2D eigenvalue weighted by Crippen LogP contribution is 2.35. The fourth-order valence-electron chi connectivity index (χ4n) is 2.56. The number of fused-ring (bicyclic) bond motifs is 1. The summed E-state index contributed by atoms with van der Waals surface area (Å²) in [6, 6.07) is 7.88. The summed E-state index contributed by atoms with van der Waals surface area (Å²) in [4.78, 5) is 4.37. The minimum absolute atomic E-state index is 0.336. The molecule has 0 amide bonds. The molecule has 0 aliphatic carbocycles. The molecule has 2 aromatic rings. The van der Waals surface area contributed by atoms with Gasteiger partial charge >= 0.3 is 0 Å². The van der Waals surface area contributed by atoms with Gasteiger partial charge < -0.3 is 22.1 Å². The van der Waals surface area contributed by atoms with E-state index < -0.39 is 5.66 Å². The first kappa shape index (κ1) is 13.6. The van der Waals surface area contributed by atoms with Crippen molar-refractivity contribution in [2.24, 2.45) is 16.5 Å². The Bertz CT molecular complexity index is 662. The van der Waals surface area contributed by atoms with Crippen molar-refractivity contribution < 1.29 is 0 Å². The molecule has 7 nitrogen and oxygen atoms in total. The lowest BCUT2D eigenvalue weighted by Gasteiger charge is -2.35. The largest absolute Gasteiger partial charge is 0.370 e. The minimum Gasteiger partial charge on any atom is -0.370 e. The number of hydrogen-bond acceptors (Lipinski definition) is 6. The smallest absolute Gasteiger partial charge is 0.195 e. The number of aliphatic imine (C=N–C) groups is 1. The molecule has 0 radical (unpaired) electrons. The molecule has 1 aromatic carbocycles. The molecule has 0 bridgehead atoms. The van der Waals surface area contributed by atoms with E-state index in [0.717, 1.165) is 29.1 Å². The highest BCUT2D eigenvalue weighted by atomic mass is 15.2. The molecule has 0 saturated carbocycles. The van der Waals surface area contributed by atoms with Crippen molar-refractivity contribution in [1.29, 1.82) is 0 Å². The number of rotatable bonds is 4. The first-order valence-electron chi connectivity index (χ1n) is 6.82. The Hall–Kier alpha value is -2.38. The molecule has 1 unspecified atom stereocenters. The number of nitrogens with zero attached hydrogens (tertiary/aromatic N) is 2. The van der Waals surface area contributed by atoms with Crippen LogP contribution in [0, 0.1) is 0 Å². The molecule has 3 rings (SSSR count). The predicted molar refractivity (Wildman–Crippen MR) is 82.9 cm³/mol. The first-order chi connectivity index (χ1) is 10.1. The quantitative estimate of drug-likeness (QED) is 0.555. The van der Waals surface area contributed by atoms with Crippen LogP contribution in [0.3, 0.4) is 0 Å². The lowest BCUT2D eigenvalue weighted by molar-refractivity contribution is 0.367. The van der Waals surface area contributed by atoms with Gasteiger partial charge in [-0.2, -0.15) is 5.10 Å². The van der Waals surface area contributed by atoms with Crippen molar-refractivity contribution >= 4 is 11.6 Å². The predicted octanol–water partition coefficient (Wildman–Crippen LogP) is 0.347. The van der Waals surface area contributed by atoms with Gasteiger partial charge in [-0.25, -0.2) is 4.99 Å². The third-order valence-corrected chi connectivity index (χ3v) is 3.65. The minimum atomic E-state index is -0.712. The van der Waals surface area contributed by atoms with E-state index in [4.69, 9.17) is 11.5 Å². The van der Waals surface area contributed by atoms with Crippen molar-refractivity contribution in [3.63, 3.8) is 0 Å². The Morgan fingerprint density at radius 3 is 2.90 bits per heavy atom. The lowest BCUT2D eigenvalue weighted by Crippen LogP contribution is -2.57. The van der Waals surface area contributed by atoms with Crippen LogP contribution in [0.2, 0.25) is 0 Å². The summed E-state index contributed by atoms with van der Waals surface area (Å²) < 4.78 is 0. The summed E-state index contributed by atoms with van der Waals surface area (Å²) in [7, 11) is 1.89. The molecule has 0 saturated heterocycles. The third kappa shape index (κ3) is 2.48. The van der Waals surface area contributed by atoms with E-state index in [1.165, 1.54) is 0 Å². The van der Waals surface area contributed by atoms with Crippen LogP contribution >= 0.6 is 0 Å². The van der Waals surface area contributed by atoms with Crippen LogP contribution in [0.4, 0.5) is 5.69 Å². The van der Waals surface area contributed by atoms with Gasteiger partial charge in [-0.1, -0.05) is 12.1 Å². The zero-order chi connectivity index (χ0) is 14.9. The highest BCUT2D eigenvalue weighted by Gasteiger charge is 2.33. The molecular weight excluding hydrogens is 266 g/mol. The maximum absolute atomic E-state index is 6.48. The number of benzene rings is 1. The normalized spacial score (nSPS) is 20.6. The van der Waals surface area contributed by atoms with Crippen LogP contribution in [-0.2, 0) is 5.66 Å². The van der Waals surface area contributed by atoms with E-state index in [1.807, 2.05) is 31.3 Å². The van der Waals surface area contributed by atoms with E-state index in [-0.39, 0.29) is 0 Å². The zero-order valence-corrected chi connectivity index (χ0v) is 11.9. The average molecular weight is 285 g/mol. The van der Waals surface area contributed by atoms with Crippen molar-refractivity contribution in [3.8, 4) is 11.3 Å². The van der Waals surface area contributed by atoms with Gasteiger partial charge in [-0.05, 0) is 25.7 Å². The van der Waals surface area contributed by atoms with Gasteiger partial charge in [0.1, 0.15) is 5.66 Å². The molecule has 1 aliphatic heterocycles. The number of aromatic amines is 1. The second-order valence-electron chi connectivity index (χ2n) is 5.15. The average Bonchev–Trinajstić information content (AvgIpc) is 2.98. The summed E-state index contributed by atoms with van der Waals surface area (Å²) in [5.41, 5.74) is 15.3. The molecule has 2 heterocycles. The molecule has 21 heavy (non-hydrogen) atoms. The summed E-state index contributed by atoms with van der Waals surface area (Å²) in [6.45, 7) is 0.776. The Balaban J connectivity index is 2.03. The monoisotopic (exact) mass is 285 g/mol. The van der Waals surface area contributed by atoms with E-state index in [2.05, 4.69) is 25.8 Å². The van der Waals surface area contributed by atoms with Gasteiger partial charge in [0, 0.05) is 23.7 Å². The fraction of sp³-hybridized carbons (Fsp3) is 0.286. The van der Waals surface area contributed by atoms with Gasteiger partial charge in [0.05, 0.1) is 11.4 Å². The standard InChI is InChI=1S/C14H19N7/c1-17-7-5-14(16)10-3-2-9(11-4-6-18-21-11)8-12(10)19-13(15)20-14/h2-4,6,8,17H,5,7,16H2,1H3,(H,18,21)(H3,15,19,20). The Morgan fingerprint density at radius 2 is 2.19 bits per heavy atom. The number of nitrogens with two attached hydrogens (primary N) is 2. The van der Waals surface area contributed by atoms with Crippen LogP contribution in [0.25, 0.3) is 11.3 Å². The summed E-state index contributed by atoms with van der Waals surface area (Å²) in [5, 5.41) is 13.1. The SMILES string of the molecule is CNCCC1(N)NC(N)=Nc2cc(-c3ccn[nH]3)ccc21. The molecule has 0 spiro atoms. The van der Waals surface area contributed by atoms with Crippen molar-refractivity contribution in [1.82, 2.24) is 20.8 Å². The van der Waals surface area contributed by atoms with E-state index >= 15 is 0 Å². The van der Waals surface area contributed by atoms with E-state index in [0.29, 0.717) is 12.4 Å². The van der Waals surface area contributed by atoms with Gasteiger partial charge in [0.2, 0.25) is 0 Å². The first-order valence-corrected chi connectivity index (χ1v) is 6.82. The lowest BCUT2D eigenvalue weighted by atomic mass is 9.92. The maximum Gasteiger partial charge on any atom is 0.195 e. The molecule has 7 heteroatoms. The van der Waals surface area contributed by atoms with Crippen LogP contribution in [0.5, 0.6) is 0 Å². The van der Waals surface area contributed by atoms with E-state index in [9.17, 15) is 0 Å². The summed E-state index contributed by atoms with van der Waals surface area (Å²) in [6.07, 6.45) is 2.42. The number of nitrogens with one attached hydrogen (secondary N) is 3. The second kappa shape index (κ2) is 5.19. The van der Waals surface area contributed by atoms with Gasteiger partial charge in [-0.3, -0.25) is 5.10 Å². The van der Waals surface area contributed by atoms with Crippen molar-refractivity contribution in [3.05, 3.63) is 36.0 Å². The van der Waals surface area contributed by atoms with Crippen LogP contribution < -0.4 is 22.1 Å². The number of hydrogen-bond donors (Lipinski definition) is 5. The summed E-state index contributed by atoms with van der Waals surface area (Å²) in [5.74, 6) is 0.336.